The molecule has 2 heterocycles. The molecule has 0 saturated carbocycles. The van der Waals surface area contributed by atoms with Gasteiger partial charge in [-0.3, -0.25) is 9.89 Å². The fourth-order valence-corrected chi connectivity index (χ4v) is 2.90. The molecule has 1 saturated heterocycles. The molecular weight excluding hydrogens is 313 g/mol. The molecule has 1 fully saturated rings. The van der Waals surface area contributed by atoms with Crippen molar-refractivity contribution in [3.05, 3.63) is 47.5 Å². The summed E-state index contributed by atoms with van der Waals surface area (Å²) in [7, 11) is 0. The number of ether oxygens (including phenoxy) is 1. The fraction of sp³-hybridized carbons (Fsp3) is 0.412. The number of hydrogen-bond donors (Lipinski definition) is 2. The Morgan fingerprint density at radius 2 is 2.29 bits per heavy atom. The number of rotatable bonds is 5. The summed E-state index contributed by atoms with van der Waals surface area (Å²) in [6.07, 6.45) is 0.0279. The van der Waals surface area contributed by atoms with Crippen molar-refractivity contribution < 1.29 is 19.0 Å². The van der Waals surface area contributed by atoms with Crippen LogP contribution < -0.4 is 4.74 Å². The number of aliphatic hydroxyl groups is 1. The van der Waals surface area contributed by atoms with Crippen molar-refractivity contribution in [2.24, 2.45) is 5.92 Å². The highest BCUT2D eigenvalue weighted by Gasteiger charge is 2.34. The highest BCUT2D eigenvalue weighted by Crippen LogP contribution is 2.21. The molecule has 2 aromatic rings. The van der Waals surface area contributed by atoms with Crippen LogP contribution in [0.25, 0.3) is 0 Å². The number of benzene rings is 1. The van der Waals surface area contributed by atoms with Crippen molar-refractivity contribution in [3.8, 4) is 5.75 Å². The summed E-state index contributed by atoms with van der Waals surface area (Å²) in [5, 5.41) is 17.2. The van der Waals surface area contributed by atoms with Gasteiger partial charge in [-0.25, -0.2) is 4.39 Å². The summed E-state index contributed by atoms with van der Waals surface area (Å²) in [4.78, 5) is 13.8. The van der Waals surface area contributed by atoms with Gasteiger partial charge in [-0.1, -0.05) is 6.07 Å². The number of aromatic nitrogens is 2. The molecule has 6 nitrogen and oxygen atoms in total. The van der Waals surface area contributed by atoms with Crippen LogP contribution in [0.3, 0.4) is 0 Å². The maximum Gasteiger partial charge on any atom is 0.260 e. The third kappa shape index (κ3) is 3.91. The Morgan fingerprint density at radius 3 is 3.00 bits per heavy atom. The summed E-state index contributed by atoms with van der Waals surface area (Å²) >= 11 is 0. The molecule has 128 valence electrons. The zero-order valence-electron chi connectivity index (χ0n) is 13.4. The molecule has 1 aliphatic heterocycles. The zero-order chi connectivity index (χ0) is 17.1. The predicted octanol–water partition coefficient (Wildman–Crippen LogP) is 1.30. The molecule has 1 aromatic heterocycles. The van der Waals surface area contributed by atoms with Gasteiger partial charge in [-0.05, 0) is 31.5 Å². The number of aliphatic hydroxyl groups excluding tert-OH is 1. The molecule has 0 aliphatic carbocycles. The molecule has 1 amide bonds. The second kappa shape index (κ2) is 7.00. The van der Waals surface area contributed by atoms with E-state index in [1.807, 2.05) is 13.0 Å². The smallest absolute Gasteiger partial charge is 0.260 e. The molecule has 0 bridgehead atoms. The van der Waals surface area contributed by atoms with Crippen molar-refractivity contribution >= 4 is 5.91 Å². The number of halogens is 1. The quantitative estimate of drug-likeness (QED) is 0.864. The molecule has 0 spiro atoms. The molecule has 2 N–H and O–H groups in total. The van der Waals surface area contributed by atoms with Gasteiger partial charge in [0.15, 0.2) is 6.61 Å². The highest BCUT2D eigenvalue weighted by atomic mass is 19.1. The summed E-state index contributed by atoms with van der Waals surface area (Å²) in [6, 6.07) is 7.60. The summed E-state index contributed by atoms with van der Waals surface area (Å²) in [5.41, 5.74) is 1.84. The maximum atomic E-state index is 13.1. The Balaban J connectivity index is 1.52. The van der Waals surface area contributed by atoms with Crippen molar-refractivity contribution in [1.29, 1.82) is 0 Å². The molecule has 2 atom stereocenters. The Bertz CT molecular complexity index is 719. The molecule has 24 heavy (non-hydrogen) atoms. The first kappa shape index (κ1) is 16.4. The monoisotopic (exact) mass is 333 g/mol. The highest BCUT2D eigenvalue weighted by molar-refractivity contribution is 5.78. The summed E-state index contributed by atoms with van der Waals surface area (Å²) in [5.74, 6) is -0.373. The number of carbonyl (C=O) groups excluding carboxylic acids is 1. The average molecular weight is 333 g/mol. The van der Waals surface area contributed by atoms with E-state index in [0.717, 1.165) is 11.4 Å². The lowest BCUT2D eigenvalue weighted by Gasteiger charge is -2.16. The van der Waals surface area contributed by atoms with Gasteiger partial charge in [0, 0.05) is 30.8 Å². The van der Waals surface area contributed by atoms with Crippen molar-refractivity contribution in [3.63, 3.8) is 0 Å². The minimum Gasteiger partial charge on any atom is -0.484 e. The van der Waals surface area contributed by atoms with Crippen molar-refractivity contribution in [1.82, 2.24) is 15.1 Å². The van der Waals surface area contributed by atoms with Gasteiger partial charge in [0.25, 0.3) is 5.91 Å². The van der Waals surface area contributed by atoms with Gasteiger partial charge in [-0.2, -0.15) is 5.10 Å². The second-order valence-corrected chi connectivity index (χ2v) is 6.12. The van der Waals surface area contributed by atoms with Gasteiger partial charge in [0.05, 0.1) is 11.8 Å². The van der Waals surface area contributed by atoms with Gasteiger partial charge in [0.2, 0.25) is 0 Å². The van der Waals surface area contributed by atoms with E-state index in [9.17, 15) is 14.3 Å². The van der Waals surface area contributed by atoms with Crippen LogP contribution in [0.15, 0.2) is 30.3 Å². The maximum absolute atomic E-state index is 13.1. The van der Waals surface area contributed by atoms with Gasteiger partial charge in [0.1, 0.15) is 11.6 Å². The van der Waals surface area contributed by atoms with E-state index in [0.29, 0.717) is 18.7 Å². The average Bonchev–Trinajstić information content (AvgIpc) is 3.12. The van der Waals surface area contributed by atoms with Crippen molar-refractivity contribution in [2.75, 3.05) is 19.7 Å². The van der Waals surface area contributed by atoms with Crippen LogP contribution in [-0.4, -0.2) is 51.9 Å². The number of likely N-dealkylation sites (tertiary alicyclic amines) is 1. The first-order chi connectivity index (χ1) is 11.5. The van der Waals surface area contributed by atoms with Crippen LogP contribution >= 0.6 is 0 Å². The van der Waals surface area contributed by atoms with E-state index in [1.165, 1.54) is 18.2 Å². The third-order valence-electron chi connectivity index (χ3n) is 4.15. The normalized spacial score (nSPS) is 20.4. The lowest BCUT2D eigenvalue weighted by atomic mass is 10.0. The number of hydrogen-bond acceptors (Lipinski definition) is 4. The number of aryl methyl sites for hydroxylation is 1. The van der Waals surface area contributed by atoms with E-state index < -0.39 is 11.9 Å². The molecule has 0 radical (unpaired) electrons. The van der Waals surface area contributed by atoms with Crippen LogP contribution in [0.5, 0.6) is 5.75 Å². The summed E-state index contributed by atoms with van der Waals surface area (Å²) in [6.45, 7) is 2.48. The SMILES string of the molecule is Cc1cc(C[C@@H]2CN(C(=O)COc3cccc(F)c3)C[C@@H]2O)n[nH]1. The van der Waals surface area contributed by atoms with E-state index in [2.05, 4.69) is 10.2 Å². The number of amides is 1. The van der Waals surface area contributed by atoms with E-state index in [4.69, 9.17) is 4.74 Å². The number of β-amino-alcohol motifs (C(OH)–C–C–N with tert-alkyl or cyclic N) is 1. The first-order valence-corrected chi connectivity index (χ1v) is 7.86. The lowest BCUT2D eigenvalue weighted by Crippen LogP contribution is -2.33. The Hall–Kier alpha value is -2.41. The molecule has 1 aliphatic rings. The molecule has 1 aromatic carbocycles. The van der Waals surface area contributed by atoms with E-state index >= 15 is 0 Å². The lowest BCUT2D eigenvalue weighted by molar-refractivity contribution is -0.132. The fourth-order valence-electron chi connectivity index (χ4n) is 2.90. The van der Waals surface area contributed by atoms with E-state index in [1.54, 1.807) is 11.0 Å². The predicted molar refractivity (Wildman–Crippen MR) is 85.0 cm³/mol. The second-order valence-electron chi connectivity index (χ2n) is 6.12. The zero-order valence-corrected chi connectivity index (χ0v) is 13.4. The van der Waals surface area contributed by atoms with Crippen molar-refractivity contribution in [2.45, 2.75) is 19.4 Å². The Labute approximate surface area is 139 Å². The van der Waals surface area contributed by atoms with Crippen LogP contribution in [0.1, 0.15) is 11.4 Å². The van der Waals surface area contributed by atoms with Gasteiger partial charge >= 0.3 is 0 Å². The number of aromatic amines is 1. The Kier molecular flexibility index (Phi) is 4.80. The van der Waals surface area contributed by atoms with Crippen LogP contribution in [-0.2, 0) is 11.2 Å². The Morgan fingerprint density at radius 1 is 1.46 bits per heavy atom. The first-order valence-electron chi connectivity index (χ1n) is 7.86. The summed E-state index contributed by atoms with van der Waals surface area (Å²) < 4.78 is 18.4. The number of nitrogens with zero attached hydrogens (tertiary/aromatic N) is 2. The van der Waals surface area contributed by atoms with Crippen LogP contribution in [0.4, 0.5) is 4.39 Å². The largest absolute Gasteiger partial charge is 0.484 e. The topological polar surface area (TPSA) is 78.5 Å². The van der Waals surface area contributed by atoms with Crippen LogP contribution in [0, 0.1) is 18.7 Å². The number of nitrogens with one attached hydrogen (secondary N) is 1. The van der Waals surface area contributed by atoms with Gasteiger partial charge < -0.3 is 14.7 Å². The third-order valence-corrected chi connectivity index (χ3v) is 4.15. The molecule has 0 unspecified atom stereocenters. The standard InChI is InChI=1S/C17H20FN3O3/c1-11-5-14(20-19-11)6-12-8-21(9-16(12)22)17(23)10-24-15-4-2-3-13(18)7-15/h2-5,7,12,16,22H,6,8-10H2,1H3,(H,19,20)/t12-,16+/m1/s1. The van der Waals surface area contributed by atoms with Gasteiger partial charge in [-0.15, -0.1) is 0 Å². The minimum atomic E-state index is -0.583. The molecule has 3 rings (SSSR count). The minimum absolute atomic E-state index is 0.0502. The van der Waals surface area contributed by atoms with E-state index in [-0.39, 0.29) is 25.0 Å². The molecule has 7 heteroatoms. The number of carbonyl (C=O) groups is 1. The number of H-pyrrole nitrogens is 1. The molecular formula is C17H20FN3O3. The van der Waals surface area contributed by atoms with Crippen LogP contribution in [0.2, 0.25) is 0 Å².